The van der Waals surface area contributed by atoms with Crippen LogP contribution in [0.15, 0.2) is 55.0 Å². The van der Waals surface area contributed by atoms with Crippen molar-refractivity contribution in [1.29, 1.82) is 0 Å². The molecule has 1 aromatic heterocycles. The van der Waals surface area contributed by atoms with Gasteiger partial charge in [-0.15, -0.1) is 0 Å². The van der Waals surface area contributed by atoms with E-state index in [1.165, 1.54) is 37.3 Å². The Bertz CT molecular complexity index is 1400. The molecule has 1 unspecified atom stereocenters. The summed E-state index contributed by atoms with van der Waals surface area (Å²) in [5, 5.41) is 21.5. The van der Waals surface area contributed by atoms with Gasteiger partial charge < -0.3 is 44.3 Å². The Morgan fingerprint density at radius 3 is 2.44 bits per heavy atom. The fourth-order valence-electron chi connectivity index (χ4n) is 3.31. The van der Waals surface area contributed by atoms with Crippen LogP contribution in [0.2, 0.25) is 0 Å². The van der Waals surface area contributed by atoms with Gasteiger partial charge in [0.05, 0.1) is 13.2 Å². The second-order valence-electron chi connectivity index (χ2n) is 7.80. The van der Waals surface area contributed by atoms with Crippen molar-refractivity contribution in [2.45, 2.75) is 26.5 Å². The van der Waals surface area contributed by atoms with E-state index in [4.69, 9.17) is 29.5 Å². The summed E-state index contributed by atoms with van der Waals surface area (Å²) < 4.78 is 39.9. The molecule has 13 nitrogen and oxygen atoms in total. The first kappa shape index (κ1) is 28.7. The topological polar surface area (TPSA) is 196 Å². The van der Waals surface area contributed by atoms with Gasteiger partial charge in [0.25, 0.3) is 0 Å². The average Bonchev–Trinajstić information content (AvgIpc) is 3.22. The number of aliphatic hydroxyl groups is 1. The third-order valence-electron chi connectivity index (χ3n) is 5.14. The van der Waals surface area contributed by atoms with Gasteiger partial charge in [0.2, 0.25) is 0 Å². The zero-order valence-corrected chi connectivity index (χ0v) is 20.9. The third-order valence-corrected chi connectivity index (χ3v) is 5.14. The maximum Gasteiger partial charge on any atom is 0.519 e. The smallest absolute Gasteiger partial charge is 0.490 e. The van der Waals surface area contributed by atoms with Crippen molar-refractivity contribution in [3.05, 3.63) is 75.5 Å². The van der Waals surface area contributed by atoms with Gasteiger partial charge in [-0.05, 0) is 44.2 Å². The van der Waals surface area contributed by atoms with Crippen molar-refractivity contribution in [1.82, 2.24) is 0 Å². The summed E-state index contributed by atoms with van der Waals surface area (Å²) in [6, 6.07) is 6.55. The number of aliphatic carboxylic acids is 1. The largest absolute Gasteiger partial charge is 0.519 e. The number of aliphatic hydroxyl groups excluding tert-OH is 1. The van der Waals surface area contributed by atoms with Crippen LogP contribution < -0.4 is 26.3 Å². The van der Waals surface area contributed by atoms with Crippen molar-refractivity contribution < 1.29 is 47.2 Å². The van der Waals surface area contributed by atoms with Gasteiger partial charge in [0, 0.05) is 22.9 Å². The van der Waals surface area contributed by atoms with Crippen LogP contribution in [0.3, 0.4) is 0 Å². The molecule has 0 bridgehead atoms. The Balaban J connectivity index is 1.73. The standard InChI is InChI=1S/C25H26FN3O10/c1-3-35-18-10-16(17(26)11-19(18)36-9-8-30)21(23(31)32)28-15-6-4-14(5-7-15)22(27)29-24(33)37-12-20-13(2)38-25(34)39-20/h4-7,10-11,21,28,30H,3,8-9,12H2,1-2H3,(H,31,32)(H2,27,29,33). The summed E-state index contributed by atoms with van der Waals surface area (Å²) in [5.74, 6) is -3.01. The first-order valence-electron chi connectivity index (χ1n) is 11.5. The van der Waals surface area contributed by atoms with Crippen LogP contribution in [0.25, 0.3) is 0 Å². The number of hydrogen-bond acceptors (Lipinski definition) is 10. The van der Waals surface area contributed by atoms with Crippen molar-refractivity contribution in [2.24, 2.45) is 10.7 Å². The monoisotopic (exact) mass is 547 g/mol. The number of anilines is 1. The molecule has 0 spiro atoms. The van der Waals surface area contributed by atoms with Crippen molar-refractivity contribution in [2.75, 3.05) is 25.1 Å². The number of nitrogens with zero attached hydrogens (tertiary/aromatic N) is 1. The zero-order chi connectivity index (χ0) is 28.5. The molecule has 1 atom stereocenters. The summed E-state index contributed by atoms with van der Waals surface area (Å²) in [6.45, 7) is 2.59. The number of aryl methyl sites for hydroxylation is 1. The lowest BCUT2D eigenvalue weighted by molar-refractivity contribution is -0.138. The quantitative estimate of drug-likeness (QED) is 0.191. The number of rotatable bonds is 12. The number of halogens is 1. The Hall–Kier alpha value is -4.85. The molecule has 0 saturated heterocycles. The number of carboxylic acids is 1. The molecule has 0 fully saturated rings. The van der Waals surface area contributed by atoms with Gasteiger partial charge in [-0.25, -0.2) is 18.8 Å². The van der Waals surface area contributed by atoms with Crippen LogP contribution in [0, 0.1) is 12.7 Å². The SMILES string of the molecule is CCOc1cc(C(Nc2ccc(/C(N)=N/C(=O)OCc3oc(=O)oc3C)cc2)C(=O)O)c(F)cc1OCCO. The van der Waals surface area contributed by atoms with E-state index in [2.05, 4.69) is 14.7 Å². The number of amidine groups is 1. The van der Waals surface area contributed by atoms with E-state index >= 15 is 0 Å². The second-order valence-corrected chi connectivity index (χ2v) is 7.80. The zero-order valence-electron chi connectivity index (χ0n) is 20.9. The number of hydrogen-bond donors (Lipinski definition) is 4. The normalized spacial score (nSPS) is 12.1. The molecule has 14 heteroatoms. The Morgan fingerprint density at radius 1 is 1.15 bits per heavy atom. The van der Waals surface area contributed by atoms with E-state index in [9.17, 15) is 23.9 Å². The number of nitrogens with two attached hydrogens (primary N) is 1. The number of benzene rings is 2. The van der Waals surface area contributed by atoms with Crippen molar-refractivity contribution >= 4 is 23.6 Å². The summed E-state index contributed by atoms with van der Waals surface area (Å²) in [5.41, 5.74) is 6.25. The number of nitrogens with one attached hydrogen (secondary N) is 1. The van der Waals surface area contributed by atoms with Crippen molar-refractivity contribution in [3.63, 3.8) is 0 Å². The molecule has 0 saturated carbocycles. The van der Waals surface area contributed by atoms with Gasteiger partial charge in [0.1, 0.15) is 18.3 Å². The van der Waals surface area contributed by atoms with Crippen molar-refractivity contribution in [3.8, 4) is 11.5 Å². The molecule has 5 N–H and O–H groups in total. The molecule has 2 aromatic carbocycles. The van der Waals surface area contributed by atoms with Gasteiger partial charge in [0.15, 0.2) is 35.7 Å². The minimum Gasteiger partial charge on any atom is -0.490 e. The molecule has 1 amide bonds. The highest BCUT2D eigenvalue weighted by Gasteiger charge is 2.26. The highest BCUT2D eigenvalue weighted by Crippen LogP contribution is 2.34. The molecule has 39 heavy (non-hydrogen) atoms. The molecule has 1 heterocycles. The minimum absolute atomic E-state index is 0.0263. The lowest BCUT2D eigenvalue weighted by atomic mass is 10.0. The summed E-state index contributed by atoms with van der Waals surface area (Å²) >= 11 is 0. The predicted molar refractivity (Wildman–Crippen MR) is 133 cm³/mol. The van der Waals surface area contributed by atoms with Crippen LogP contribution in [0.5, 0.6) is 11.5 Å². The van der Waals surface area contributed by atoms with Gasteiger partial charge in [-0.1, -0.05) is 0 Å². The van der Waals surface area contributed by atoms with E-state index in [0.717, 1.165) is 6.07 Å². The molecule has 3 aromatic rings. The number of carbonyl (C=O) groups is 2. The number of ether oxygens (including phenoxy) is 3. The fraction of sp³-hybridized carbons (Fsp3) is 0.280. The van der Waals surface area contributed by atoms with Gasteiger partial charge in [-0.3, -0.25) is 0 Å². The number of amides is 1. The van der Waals surface area contributed by atoms with E-state index in [1.807, 2.05) is 0 Å². The predicted octanol–water partition coefficient (Wildman–Crippen LogP) is 2.73. The van der Waals surface area contributed by atoms with E-state index in [0.29, 0.717) is 11.3 Å². The van der Waals surface area contributed by atoms with E-state index < -0.39 is 29.7 Å². The van der Waals surface area contributed by atoms with E-state index in [1.54, 1.807) is 6.92 Å². The average molecular weight is 547 g/mol. The van der Waals surface area contributed by atoms with Crippen LogP contribution in [0.4, 0.5) is 14.9 Å². The van der Waals surface area contributed by atoms with E-state index in [-0.39, 0.29) is 60.8 Å². The number of carbonyl (C=O) groups excluding carboxylic acids is 1. The Morgan fingerprint density at radius 2 is 1.85 bits per heavy atom. The lowest BCUT2D eigenvalue weighted by Crippen LogP contribution is -2.22. The van der Waals surface area contributed by atoms with Crippen LogP contribution in [-0.4, -0.2) is 47.9 Å². The minimum atomic E-state index is -1.51. The second kappa shape index (κ2) is 13.1. The molecule has 3 rings (SSSR count). The summed E-state index contributed by atoms with van der Waals surface area (Å²) in [7, 11) is 0. The Kier molecular flexibility index (Phi) is 9.64. The highest BCUT2D eigenvalue weighted by molar-refractivity contribution is 6.02. The molecule has 0 aliphatic rings. The van der Waals surface area contributed by atoms with Crippen LogP contribution in [0.1, 0.15) is 35.6 Å². The first-order valence-corrected chi connectivity index (χ1v) is 11.5. The van der Waals surface area contributed by atoms with Gasteiger partial charge >= 0.3 is 17.9 Å². The lowest BCUT2D eigenvalue weighted by Gasteiger charge is -2.20. The molecule has 0 radical (unpaired) electrons. The number of carboxylic acid groups (broad SMARTS) is 1. The maximum absolute atomic E-state index is 14.9. The molecule has 208 valence electrons. The summed E-state index contributed by atoms with van der Waals surface area (Å²) in [4.78, 5) is 38.6. The molecular weight excluding hydrogens is 521 g/mol. The molecular formula is C25H26FN3O10. The maximum atomic E-state index is 14.9. The highest BCUT2D eigenvalue weighted by atomic mass is 19.1. The van der Waals surface area contributed by atoms with Crippen LogP contribution >= 0.6 is 0 Å². The third kappa shape index (κ3) is 7.58. The van der Waals surface area contributed by atoms with Crippen LogP contribution in [-0.2, 0) is 16.1 Å². The van der Waals surface area contributed by atoms with Gasteiger partial charge in [-0.2, -0.15) is 4.99 Å². The molecule has 0 aliphatic carbocycles. The first-order chi connectivity index (χ1) is 18.6. The molecule has 0 aliphatic heterocycles. The Labute approximate surface area is 220 Å². The number of aliphatic imine (C=N–C) groups is 1. The summed E-state index contributed by atoms with van der Waals surface area (Å²) in [6.07, 6.45) is -1.05. The fourth-order valence-corrected chi connectivity index (χ4v) is 3.31.